The first-order valence-electron chi connectivity index (χ1n) is 9.64. The Bertz CT molecular complexity index is 677. The Kier molecular flexibility index (Phi) is 6.95. The SMILES string of the molecule is Cc1nccc(OCCCCCN2CCCCC2c2ccc(F)cc2)n1. The summed E-state index contributed by atoms with van der Waals surface area (Å²) in [6.07, 6.45) is 8.72. The Labute approximate surface area is 155 Å². The Morgan fingerprint density at radius 3 is 2.77 bits per heavy atom. The van der Waals surface area contributed by atoms with Crippen molar-refractivity contribution in [3.63, 3.8) is 0 Å². The number of piperidine rings is 1. The van der Waals surface area contributed by atoms with E-state index in [0.29, 0.717) is 18.5 Å². The van der Waals surface area contributed by atoms with Crippen LogP contribution in [0.3, 0.4) is 0 Å². The van der Waals surface area contributed by atoms with Gasteiger partial charge in [0.15, 0.2) is 0 Å². The molecule has 0 saturated carbocycles. The molecule has 1 fully saturated rings. The van der Waals surface area contributed by atoms with Crippen LogP contribution in [0.25, 0.3) is 0 Å². The minimum atomic E-state index is -0.157. The van der Waals surface area contributed by atoms with Crippen LogP contribution in [0.4, 0.5) is 4.39 Å². The molecule has 0 spiro atoms. The lowest BCUT2D eigenvalue weighted by Crippen LogP contribution is -2.34. The molecule has 1 aromatic carbocycles. The van der Waals surface area contributed by atoms with Gasteiger partial charge < -0.3 is 4.74 Å². The Balaban J connectivity index is 1.39. The van der Waals surface area contributed by atoms with E-state index in [2.05, 4.69) is 14.9 Å². The summed E-state index contributed by atoms with van der Waals surface area (Å²) in [5.41, 5.74) is 1.24. The van der Waals surface area contributed by atoms with Gasteiger partial charge in [-0.15, -0.1) is 0 Å². The molecule has 1 aliphatic rings. The van der Waals surface area contributed by atoms with Crippen molar-refractivity contribution in [2.45, 2.75) is 51.5 Å². The van der Waals surface area contributed by atoms with Gasteiger partial charge in [-0.2, -0.15) is 4.98 Å². The van der Waals surface area contributed by atoms with Gasteiger partial charge in [-0.3, -0.25) is 4.90 Å². The summed E-state index contributed by atoms with van der Waals surface area (Å²) in [6.45, 7) is 4.79. The quantitative estimate of drug-likeness (QED) is 0.642. The van der Waals surface area contributed by atoms with Gasteiger partial charge in [-0.25, -0.2) is 9.37 Å². The van der Waals surface area contributed by atoms with E-state index in [4.69, 9.17) is 4.74 Å². The van der Waals surface area contributed by atoms with Crippen LogP contribution in [0.2, 0.25) is 0 Å². The number of hydrogen-bond donors (Lipinski definition) is 0. The third kappa shape index (κ3) is 5.49. The van der Waals surface area contributed by atoms with Crippen molar-refractivity contribution < 1.29 is 9.13 Å². The monoisotopic (exact) mass is 357 g/mol. The van der Waals surface area contributed by atoms with Gasteiger partial charge in [0.05, 0.1) is 6.61 Å². The number of likely N-dealkylation sites (tertiary alicyclic amines) is 1. The number of hydrogen-bond acceptors (Lipinski definition) is 4. The van der Waals surface area contributed by atoms with E-state index in [-0.39, 0.29) is 5.82 Å². The number of rotatable bonds is 8. The van der Waals surface area contributed by atoms with Gasteiger partial charge >= 0.3 is 0 Å². The highest BCUT2D eigenvalue weighted by Crippen LogP contribution is 2.31. The van der Waals surface area contributed by atoms with Crippen LogP contribution in [-0.2, 0) is 0 Å². The number of aromatic nitrogens is 2. The van der Waals surface area contributed by atoms with Gasteiger partial charge in [0, 0.05) is 18.3 Å². The summed E-state index contributed by atoms with van der Waals surface area (Å²) in [6, 6.07) is 9.27. The normalized spacial score (nSPS) is 18.0. The van der Waals surface area contributed by atoms with E-state index in [9.17, 15) is 4.39 Å². The number of aryl methyl sites for hydroxylation is 1. The van der Waals surface area contributed by atoms with E-state index < -0.39 is 0 Å². The van der Waals surface area contributed by atoms with Crippen LogP contribution in [0.5, 0.6) is 5.88 Å². The lowest BCUT2D eigenvalue weighted by atomic mass is 9.95. The molecular weight excluding hydrogens is 329 g/mol. The van der Waals surface area contributed by atoms with Crippen LogP contribution >= 0.6 is 0 Å². The van der Waals surface area contributed by atoms with Gasteiger partial charge in [0.25, 0.3) is 0 Å². The van der Waals surface area contributed by atoms with Crippen LogP contribution in [0, 0.1) is 12.7 Å². The van der Waals surface area contributed by atoms with Crippen molar-refractivity contribution in [3.05, 3.63) is 53.7 Å². The zero-order valence-corrected chi connectivity index (χ0v) is 15.5. The van der Waals surface area contributed by atoms with Crippen LogP contribution in [0.1, 0.15) is 56.0 Å². The zero-order valence-electron chi connectivity index (χ0n) is 15.5. The molecule has 1 saturated heterocycles. The molecule has 26 heavy (non-hydrogen) atoms. The van der Waals surface area contributed by atoms with Crippen molar-refractivity contribution in [2.24, 2.45) is 0 Å². The molecule has 3 rings (SSSR count). The largest absolute Gasteiger partial charge is 0.478 e. The van der Waals surface area contributed by atoms with Crippen LogP contribution < -0.4 is 4.74 Å². The first-order chi connectivity index (χ1) is 12.7. The lowest BCUT2D eigenvalue weighted by Gasteiger charge is -2.36. The fourth-order valence-electron chi connectivity index (χ4n) is 3.61. The van der Waals surface area contributed by atoms with E-state index in [1.807, 2.05) is 19.1 Å². The predicted molar refractivity (Wildman–Crippen MR) is 101 cm³/mol. The summed E-state index contributed by atoms with van der Waals surface area (Å²) < 4.78 is 18.9. The minimum Gasteiger partial charge on any atom is -0.478 e. The molecule has 1 aromatic heterocycles. The first kappa shape index (κ1) is 18.8. The Morgan fingerprint density at radius 1 is 1.12 bits per heavy atom. The number of benzene rings is 1. The number of unbranched alkanes of at least 4 members (excludes halogenated alkanes) is 2. The highest BCUT2D eigenvalue weighted by molar-refractivity contribution is 5.20. The average molecular weight is 357 g/mol. The average Bonchev–Trinajstić information content (AvgIpc) is 2.66. The molecule has 0 N–H and O–H groups in total. The molecule has 2 aromatic rings. The standard InChI is InChI=1S/C21H28FN3O/c1-17-23-13-12-21(24-17)26-16-6-2-4-14-25-15-5-3-7-20(25)18-8-10-19(22)11-9-18/h8-13,20H,2-7,14-16H2,1H3. The lowest BCUT2D eigenvalue weighted by molar-refractivity contribution is 0.144. The van der Waals surface area contributed by atoms with Crippen LogP contribution in [0.15, 0.2) is 36.5 Å². The maximum atomic E-state index is 13.2. The maximum Gasteiger partial charge on any atom is 0.216 e. The molecule has 0 radical (unpaired) electrons. The minimum absolute atomic E-state index is 0.157. The second-order valence-electron chi connectivity index (χ2n) is 6.95. The smallest absolute Gasteiger partial charge is 0.216 e. The molecule has 5 heteroatoms. The van der Waals surface area contributed by atoms with Crippen molar-refractivity contribution >= 4 is 0 Å². The fourth-order valence-corrected chi connectivity index (χ4v) is 3.61. The maximum absolute atomic E-state index is 13.2. The molecule has 2 heterocycles. The Hall–Kier alpha value is -2.01. The second-order valence-corrected chi connectivity index (χ2v) is 6.95. The summed E-state index contributed by atoms with van der Waals surface area (Å²) in [7, 11) is 0. The van der Waals surface area contributed by atoms with Crippen molar-refractivity contribution in [2.75, 3.05) is 19.7 Å². The van der Waals surface area contributed by atoms with Crippen molar-refractivity contribution in [1.29, 1.82) is 0 Å². The van der Waals surface area contributed by atoms with Gasteiger partial charge in [-0.1, -0.05) is 18.6 Å². The summed E-state index contributed by atoms with van der Waals surface area (Å²) in [5.74, 6) is 1.24. The molecule has 140 valence electrons. The van der Waals surface area contributed by atoms with Gasteiger partial charge in [0.1, 0.15) is 11.6 Å². The van der Waals surface area contributed by atoms with E-state index >= 15 is 0 Å². The van der Waals surface area contributed by atoms with E-state index in [1.165, 1.54) is 24.8 Å². The fraction of sp³-hybridized carbons (Fsp3) is 0.524. The van der Waals surface area contributed by atoms with Crippen molar-refractivity contribution in [1.82, 2.24) is 14.9 Å². The molecule has 1 atom stereocenters. The van der Waals surface area contributed by atoms with Gasteiger partial charge in [-0.05, 0) is 69.8 Å². The molecule has 0 aliphatic carbocycles. The van der Waals surface area contributed by atoms with Gasteiger partial charge in [0.2, 0.25) is 5.88 Å². The second kappa shape index (κ2) is 9.62. The molecule has 1 aliphatic heterocycles. The summed E-state index contributed by atoms with van der Waals surface area (Å²) in [4.78, 5) is 10.9. The van der Waals surface area contributed by atoms with E-state index in [0.717, 1.165) is 38.2 Å². The van der Waals surface area contributed by atoms with E-state index in [1.54, 1.807) is 24.4 Å². The summed E-state index contributed by atoms with van der Waals surface area (Å²) >= 11 is 0. The molecule has 0 amide bonds. The third-order valence-corrected chi connectivity index (χ3v) is 4.96. The molecule has 1 unspecified atom stereocenters. The molecule has 0 bridgehead atoms. The highest BCUT2D eigenvalue weighted by atomic mass is 19.1. The number of halogens is 1. The third-order valence-electron chi connectivity index (χ3n) is 4.96. The molecule has 4 nitrogen and oxygen atoms in total. The van der Waals surface area contributed by atoms with Crippen LogP contribution in [-0.4, -0.2) is 34.6 Å². The molecular formula is C21H28FN3O. The highest BCUT2D eigenvalue weighted by Gasteiger charge is 2.23. The predicted octanol–water partition coefficient (Wildman–Crippen LogP) is 4.70. The number of ether oxygens (including phenoxy) is 1. The first-order valence-corrected chi connectivity index (χ1v) is 9.64. The van der Waals surface area contributed by atoms with Crippen molar-refractivity contribution in [3.8, 4) is 5.88 Å². The zero-order chi connectivity index (χ0) is 18.2. The summed E-state index contributed by atoms with van der Waals surface area (Å²) in [5, 5.41) is 0. The Morgan fingerprint density at radius 2 is 1.96 bits per heavy atom. The number of nitrogens with zero attached hydrogens (tertiary/aromatic N) is 3. The topological polar surface area (TPSA) is 38.2 Å².